The first-order valence-electron chi connectivity index (χ1n) is 7.42. The minimum atomic E-state index is -1.09. The fourth-order valence-corrected chi connectivity index (χ4v) is 2.44. The van der Waals surface area contributed by atoms with E-state index in [1.165, 1.54) is 27.7 Å². The van der Waals surface area contributed by atoms with Gasteiger partial charge in [0.15, 0.2) is 18.3 Å². The molecule has 0 bridgehead atoms. The van der Waals surface area contributed by atoms with Crippen LogP contribution in [-0.4, -0.2) is 61.0 Å². The SMILES string of the molecule is CC(=O)OC[C@@H]1OC(C)[C@@H](OC(C)=O)[C@H](OC(C)=O)[C@@H]1OC(C)=O. The van der Waals surface area contributed by atoms with Crippen LogP contribution in [0.15, 0.2) is 0 Å². The molecule has 0 aromatic heterocycles. The third-order valence-corrected chi connectivity index (χ3v) is 3.22. The third kappa shape index (κ3) is 5.80. The molecular weight excluding hydrogens is 324 g/mol. The standard InChI is InChI=1S/C15H22O9/c1-7-13(22-9(3)17)15(24-11(5)19)14(23-10(4)18)12(21-7)6-20-8(2)16/h7,12-15H,6H2,1-5H3/t7?,12-,13+,14+,15-/m0/s1. The summed E-state index contributed by atoms with van der Waals surface area (Å²) in [7, 11) is 0. The molecule has 1 unspecified atom stereocenters. The molecule has 0 spiro atoms. The second kappa shape index (κ2) is 8.62. The lowest BCUT2D eigenvalue weighted by atomic mass is 9.95. The number of hydrogen-bond donors (Lipinski definition) is 0. The summed E-state index contributed by atoms with van der Waals surface area (Å²) in [6, 6.07) is 0. The number of carbonyl (C=O) groups excluding carboxylic acids is 4. The molecule has 0 aliphatic carbocycles. The van der Waals surface area contributed by atoms with E-state index in [1.54, 1.807) is 6.92 Å². The Morgan fingerprint density at radius 3 is 1.67 bits per heavy atom. The molecule has 1 heterocycles. The number of hydrogen-bond acceptors (Lipinski definition) is 9. The van der Waals surface area contributed by atoms with E-state index in [4.69, 9.17) is 23.7 Å². The summed E-state index contributed by atoms with van der Waals surface area (Å²) in [6.07, 6.45) is -4.69. The summed E-state index contributed by atoms with van der Waals surface area (Å²) in [4.78, 5) is 45.2. The monoisotopic (exact) mass is 346 g/mol. The van der Waals surface area contributed by atoms with Crippen molar-refractivity contribution in [2.45, 2.75) is 65.1 Å². The largest absolute Gasteiger partial charge is 0.463 e. The van der Waals surface area contributed by atoms with Gasteiger partial charge in [-0.1, -0.05) is 0 Å². The Labute approximate surface area is 139 Å². The lowest BCUT2D eigenvalue weighted by Gasteiger charge is -2.43. The molecule has 0 radical (unpaired) electrons. The molecule has 136 valence electrons. The van der Waals surface area contributed by atoms with E-state index in [0.717, 1.165) is 0 Å². The van der Waals surface area contributed by atoms with E-state index in [2.05, 4.69) is 0 Å². The zero-order valence-corrected chi connectivity index (χ0v) is 14.3. The Bertz CT molecular complexity index is 501. The van der Waals surface area contributed by atoms with Gasteiger partial charge in [-0.05, 0) is 6.92 Å². The molecule has 0 aromatic carbocycles. The van der Waals surface area contributed by atoms with Crippen molar-refractivity contribution in [2.24, 2.45) is 0 Å². The summed E-state index contributed by atoms with van der Waals surface area (Å²) in [5.74, 6) is -2.44. The van der Waals surface area contributed by atoms with Crippen molar-refractivity contribution in [3.05, 3.63) is 0 Å². The van der Waals surface area contributed by atoms with Gasteiger partial charge in [0.2, 0.25) is 0 Å². The first kappa shape index (κ1) is 19.9. The summed E-state index contributed by atoms with van der Waals surface area (Å²) >= 11 is 0. The zero-order valence-electron chi connectivity index (χ0n) is 14.3. The van der Waals surface area contributed by atoms with E-state index in [9.17, 15) is 19.2 Å². The predicted octanol–water partition coefficient (Wildman–Crippen LogP) is 0.132. The Morgan fingerprint density at radius 1 is 0.750 bits per heavy atom. The maximum atomic E-state index is 11.4. The summed E-state index contributed by atoms with van der Waals surface area (Å²) < 4.78 is 26.1. The fourth-order valence-electron chi connectivity index (χ4n) is 2.44. The van der Waals surface area contributed by atoms with Crippen LogP contribution in [0.2, 0.25) is 0 Å². The topological polar surface area (TPSA) is 114 Å². The van der Waals surface area contributed by atoms with Crippen LogP contribution in [0.25, 0.3) is 0 Å². The Morgan fingerprint density at radius 2 is 1.21 bits per heavy atom. The van der Waals surface area contributed by atoms with Gasteiger partial charge >= 0.3 is 23.9 Å². The predicted molar refractivity (Wildman–Crippen MR) is 77.6 cm³/mol. The van der Waals surface area contributed by atoms with Crippen LogP contribution in [0.5, 0.6) is 0 Å². The van der Waals surface area contributed by atoms with Crippen LogP contribution in [0.4, 0.5) is 0 Å². The molecule has 0 saturated carbocycles. The van der Waals surface area contributed by atoms with E-state index >= 15 is 0 Å². The minimum absolute atomic E-state index is 0.206. The summed E-state index contributed by atoms with van der Waals surface area (Å²) in [5.41, 5.74) is 0. The molecule has 9 heteroatoms. The molecule has 24 heavy (non-hydrogen) atoms. The second-order valence-corrected chi connectivity index (χ2v) is 5.40. The van der Waals surface area contributed by atoms with Gasteiger partial charge < -0.3 is 23.7 Å². The third-order valence-electron chi connectivity index (χ3n) is 3.22. The van der Waals surface area contributed by atoms with E-state index in [0.29, 0.717) is 0 Å². The van der Waals surface area contributed by atoms with Crippen LogP contribution in [0.3, 0.4) is 0 Å². The van der Waals surface area contributed by atoms with Crippen molar-refractivity contribution >= 4 is 23.9 Å². The van der Waals surface area contributed by atoms with Crippen LogP contribution in [0, 0.1) is 0 Å². The lowest BCUT2D eigenvalue weighted by molar-refractivity contribution is -0.249. The van der Waals surface area contributed by atoms with Gasteiger partial charge in [-0.15, -0.1) is 0 Å². The van der Waals surface area contributed by atoms with Crippen LogP contribution in [-0.2, 0) is 42.9 Å². The van der Waals surface area contributed by atoms with E-state index in [1.807, 2.05) is 0 Å². The van der Waals surface area contributed by atoms with Gasteiger partial charge in [-0.2, -0.15) is 0 Å². The molecule has 0 N–H and O–H groups in total. The molecule has 5 atom stereocenters. The maximum Gasteiger partial charge on any atom is 0.303 e. The molecule has 9 nitrogen and oxygen atoms in total. The number of rotatable bonds is 5. The molecular formula is C15H22O9. The minimum Gasteiger partial charge on any atom is -0.463 e. The van der Waals surface area contributed by atoms with Gasteiger partial charge in [0.05, 0.1) is 6.10 Å². The van der Waals surface area contributed by atoms with Crippen molar-refractivity contribution < 1.29 is 42.9 Å². The highest BCUT2D eigenvalue weighted by Gasteiger charge is 2.50. The molecule has 0 amide bonds. The average Bonchev–Trinajstić information content (AvgIpc) is 2.42. The lowest BCUT2D eigenvalue weighted by Crippen LogP contribution is -2.61. The van der Waals surface area contributed by atoms with Crippen LogP contribution < -0.4 is 0 Å². The quantitative estimate of drug-likeness (QED) is 0.506. The molecule has 1 fully saturated rings. The summed E-state index contributed by atoms with van der Waals surface area (Å²) in [6.45, 7) is 6.17. The fraction of sp³-hybridized carbons (Fsp3) is 0.733. The highest BCUT2D eigenvalue weighted by Crippen LogP contribution is 2.28. The van der Waals surface area contributed by atoms with Gasteiger partial charge in [0.1, 0.15) is 12.7 Å². The Kier molecular flexibility index (Phi) is 7.15. The first-order chi connectivity index (χ1) is 11.1. The van der Waals surface area contributed by atoms with Gasteiger partial charge in [-0.3, -0.25) is 19.2 Å². The second-order valence-electron chi connectivity index (χ2n) is 5.40. The van der Waals surface area contributed by atoms with Crippen LogP contribution in [0.1, 0.15) is 34.6 Å². The van der Waals surface area contributed by atoms with Crippen molar-refractivity contribution in [1.82, 2.24) is 0 Å². The maximum absolute atomic E-state index is 11.4. The van der Waals surface area contributed by atoms with Crippen molar-refractivity contribution in [1.29, 1.82) is 0 Å². The Hall–Kier alpha value is -2.16. The van der Waals surface area contributed by atoms with Crippen molar-refractivity contribution in [2.75, 3.05) is 6.61 Å². The molecule has 1 aliphatic heterocycles. The molecule has 1 rings (SSSR count). The molecule has 0 aromatic rings. The van der Waals surface area contributed by atoms with E-state index < -0.39 is 54.4 Å². The van der Waals surface area contributed by atoms with Crippen molar-refractivity contribution in [3.8, 4) is 0 Å². The Balaban J connectivity index is 3.11. The number of esters is 4. The van der Waals surface area contributed by atoms with Gasteiger partial charge in [0, 0.05) is 27.7 Å². The molecule has 1 saturated heterocycles. The molecule has 1 aliphatic rings. The average molecular weight is 346 g/mol. The highest BCUT2D eigenvalue weighted by atomic mass is 16.7. The summed E-state index contributed by atoms with van der Waals surface area (Å²) in [5, 5.41) is 0. The van der Waals surface area contributed by atoms with Gasteiger partial charge in [0.25, 0.3) is 0 Å². The smallest absolute Gasteiger partial charge is 0.303 e. The highest BCUT2D eigenvalue weighted by molar-refractivity contribution is 5.68. The van der Waals surface area contributed by atoms with Gasteiger partial charge in [-0.25, -0.2) is 0 Å². The normalized spacial score (nSPS) is 29.3. The first-order valence-corrected chi connectivity index (χ1v) is 7.42. The number of ether oxygens (including phenoxy) is 5. The zero-order chi connectivity index (χ0) is 18.4. The van der Waals surface area contributed by atoms with Crippen molar-refractivity contribution in [3.63, 3.8) is 0 Å². The van der Waals surface area contributed by atoms with E-state index in [-0.39, 0.29) is 6.61 Å². The van der Waals surface area contributed by atoms with Crippen LogP contribution >= 0.6 is 0 Å². The number of carbonyl (C=O) groups is 4.